The summed E-state index contributed by atoms with van der Waals surface area (Å²) in [5, 5.41) is 6.26. The maximum Gasteiger partial charge on any atom is 0.263 e. The molecule has 3 aliphatic rings. The molecule has 1 saturated heterocycles. The number of ether oxygens (including phenoxy) is 2. The van der Waals surface area contributed by atoms with Gasteiger partial charge in [0, 0.05) is 36.0 Å². The number of amides is 2. The van der Waals surface area contributed by atoms with Gasteiger partial charge in [-0.05, 0) is 43.4 Å². The quantitative estimate of drug-likeness (QED) is 0.331. The van der Waals surface area contributed by atoms with Crippen molar-refractivity contribution in [2.75, 3.05) is 13.7 Å². The van der Waals surface area contributed by atoms with Crippen LogP contribution in [0.4, 0.5) is 0 Å². The highest BCUT2D eigenvalue weighted by Crippen LogP contribution is 2.39. The Labute approximate surface area is 238 Å². The van der Waals surface area contributed by atoms with Crippen LogP contribution in [0.15, 0.2) is 66.7 Å². The molecule has 3 N–H and O–H groups in total. The zero-order valence-corrected chi connectivity index (χ0v) is 23.5. The summed E-state index contributed by atoms with van der Waals surface area (Å²) in [4.78, 5) is 31.2. The van der Waals surface area contributed by atoms with E-state index in [0.29, 0.717) is 55.7 Å². The van der Waals surface area contributed by atoms with Gasteiger partial charge in [-0.15, -0.1) is 0 Å². The van der Waals surface area contributed by atoms with E-state index in [2.05, 4.69) is 21.9 Å². The second-order valence-electron chi connectivity index (χ2n) is 10.9. The maximum atomic E-state index is 13.3. The molecule has 3 atom stereocenters. The molecule has 10 nitrogen and oxygen atoms in total. The molecule has 2 amide bonds. The Kier molecular flexibility index (Phi) is 6.95. The van der Waals surface area contributed by atoms with Crippen LogP contribution in [0.2, 0.25) is 0 Å². The number of sulfonamides is 1. The first-order valence-electron chi connectivity index (χ1n) is 13.7. The van der Waals surface area contributed by atoms with E-state index in [1.165, 1.54) is 0 Å². The second kappa shape index (κ2) is 10.5. The van der Waals surface area contributed by atoms with Gasteiger partial charge in [-0.25, -0.2) is 13.4 Å². The van der Waals surface area contributed by atoms with Gasteiger partial charge in [-0.2, -0.15) is 0 Å². The van der Waals surface area contributed by atoms with E-state index in [4.69, 9.17) is 14.5 Å². The summed E-state index contributed by atoms with van der Waals surface area (Å²) in [5.74, 6) is 0.177. The number of hydrogen-bond donors (Lipinski definition) is 3. The molecule has 2 saturated carbocycles. The van der Waals surface area contributed by atoms with Gasteiger partial charge < -0.3 is 20.1 Å². The third-order valence-corrected chi connectivity index (χ3v) is 9.90. The van der Waals surface area contributed by atoms with E-state index >= 15 is 0 Å². The third kappa shape index (κ3) is 5.27. The minimum absolute atomic E-state index is 0.297. The van der Waals surface area contributed by atoms with E-state index < -0.39 is 38.7 Å². The number of fused-ring (bicyclic) bond motifs is 1. The molecular weight excluding hydrogens is 544 g/mol. The third-order valence-electron chi connectivity index (χ3n) is 8.08. The highest BCUT2D eigenvalue weighted by atomic mass is 32.2. The first-order valence-corrected chi connectivity index (χ1v) is 15.2. The smallest absolute Gasteiger partial charge is 0.263 e. The lowest BCUT2D eigenvalue weighted by Gasteiger charge is -2.43. The molecule has 11 heteroatoms. The van der Waals surface area contributed by atoms with Gasteiger partial charge in [0.2, 0.25) is 15.9 Å². The minimum atomic E-state index is -3.75. The Morgan fingerprint density at radius 1 is 1.12 bits per heavy atom. The number of rotatable bonds is 9. The number of nitrogens with zero attached hydrogens (tertiary/aromatic N) is 1. The fraction of sp³-hybridized carbons (Fsp3) is 0.367. The Bertz CT molecular complexity index is 1640. The average molecular weight is 577 g/mol. The number of benzene rings is 2. The predicted molar refractivity (Wildman–Crippen MR) is 154 cm³/mol. The van der Waals surface area contributed by atoms with Crippen LogP contribution < -0.4 is 24.8 Å². The van der Waals surface area contributed by atoms with Crippen molar-refractivity contribution >= 4 is 32.7 Å². The molecule has 214 valence electrons. The van der Waals surface area contributed by atoms with Crippen LogP contribution >= 0.6 is 0 Å². The van der Waals surface area contributed by atoms with Crippen molar-refractivity contribution in [3.8, 4) is 22.8 Å². The van der Waals surface area contributed by atoms with Crippen LogP contribution in [0, 0.1) is 0 Å². The fourth-order valence-corrected chi connectivity index (χ4v) is 6.69. The summed E-state index contributed by atoms with van der Waals surface area (Å²) in [7, 11) is -2.15. The standard InChI is InChI=1S/C30H32N4O6S/c1-18-12-13-30(18,29(36)34-41(37,38)22-9-10-22)33-28(35)26-15-21(17-31-26)40-27-16-24(19-6-4-3-5-7-19)32-25-14-20(39-2)8-11-23(25)27/h3-8,11,14,16,21-22,26,31H,1,9-10,12-13,15,17H2,2H3,(H,33,35)(H,34,36)/t21-,26+,30?/m1/s1. The van der Waals surface area contributed by atoms with E-state index in [1.54, 1.807) is 7.11 Å². The number of methoxy groups -OCH3 is 1. The summed E-state index contributed by atoms with van der Waals surface area (Å²) >= 11 is 0. The van der Waals surface area contributed by atoms with Crippen LogP contribution in [0.1, 0.15) is 32.1 Å². The molecule has 1 aromatic heterocycles. The molecule has 3 fully saturated rings. The van der Waals surface area contributed by atoms with E-state index in [9.17, 15) is 18.0 Å². The minimum Gasteiger partial charge on any atom is -0.497 e. The molecule has 41 heavy (non-hydrogen) atoms. The van der Waals surface area contributed by atoms with Gasteiger partial charge in [0.25, 0.3) is 5.91 Å². The van der Waals surface area contributed by atoms with E-state index in [1.807, 2.05) is 54.6 Å². The van der Waals surface area contributed by atoms with Gasteiger partial charge in [-0.3, -0.25) is 14.3 Å². The SMILES string of the molecule is C=C1CCC1(NC(=O)[C@@H]1C[C@@H](Oc2cc(-c3ccccc3)nc3cc(OC)ccc23)CN1)C(=O)NS(=O)(=O)C1CC1. The molecule has 2 aromatic carbocycles. The van der Waals surface area contributed by atoms with Gasteiger partial charge >= 0.3 is 0 Å². The molecular formula is C30H32N4O6S. The monoisotopic (exact) mass is 576 g/mol. The highest BCUT2D eigenvalue weighted by molar-refractivity contribution is 7.91. The van der Waals surface area contributed by atoms with Crippen molar-refractivity contribution in [2.24, 2.45) is 0 Å². The molecule has 1 aliphatic heterocycles. The molecule has 6 rings (SSSR count). The van der Waals surface area contributed by atoms with Gasteiger partial charge in [0.05, 0.1) is 29.6 Å². The van der Waals surface area contributed by atoms with E-state index in [-0.39, 0.29) is 6.10 Å². The molecule has 2 heterocycles. The first kappa shape index (κ1) is 27.2. The number of hydrogen-bond acceptors (Lipinski definition) is 8. The first-order chi connectivity index (χ1) is 19.7. The largest absolute Gasteiger partial charge is 0.497 e. The van der Waals surface area contributed by atoms with Crippen LogP contribution in [0.25, 0.3) is 22.2 Å². The van der Waals surface area contributed by atoms with Crippen LogP contribution in [0.5, 0.6) is 11.5 Å². The Morgan fingerprint density at radius 3 is 2.56 bits per heavy atom. The Hall–Kier alpha value is -3.96. The summed E-state index contributed by atoms with van der Waals surface area (Å²) in [6.07, 6.45) is 1.92. The zero-order chi connectivity index (χ0) is 28.8. The summed E-state index contributed by atoms with van der Waals surface area (Å²) < 4.78 is 38.8. The van der Waals surface area contributed by atoms with Crippen molar-refractivity contribution in [1.82, 2.24) is 20.3 Å². The number of nitrogens with one attached hydrogen (secondary N) is 3. The topological polar surface area (TPSA) is 136 Å². The molecule has 0 bridgehead atoms. The molecule has 0 radical (unpaired) electrons. The summed E-state index contributed by atoms with van der Waals surface area (Å²) in [5.41, 5.74) is 1.48. The van der Waals surface area contributed by atoms with Crippen molar-refractivity contribution in [3.63, 3.8) is 0 Å². The lowest BCUT2D eigenvalue weighted by Crippen LogP contribution is -2.66. The van der Waals surface area contributed by atoms with Gasteiger partial charge in [-0.1, -0.05) is 36.9 Å². The number of carbonyl (C=O) groups excluding carboxylic acids is 2. The summed E-state index contributed by atoms with van der Waals surface area (Å²) in [6.45, 7) is 4.33. The van der Waals surface area contributed by atoms with Crippen LogP contribution in [-0.4, -0.2) is 61.8 Å². The average Bonchev–Trinajstić information content (AvgIpc) is 3.74. The molecule has 1 unspecified atom stereocenters. The van der Waals surface area contributed by atoms with Crippen molar-refractivity contribution in [3.05, 3.63) is 66.7 Å². The van der Waals surface area contributed by atoms with Gasteiger partial charge in [0.15, 0.2) is 0 Å². The normalized spacial score (nSPS) is 24.0. The van der Waals surface area contributed by atoms with Crippen LogP contribution in [-0.2, 0) is 19.6 Å². The summed E-state index contributed by atoms with van der Waals surface area (Å²) in [6, 6.07) is 16.7. The predicted octanol–water partition coefficient (Wildman–Crippen LogP) is 2.83. The van der Waals surface area contributed by atoms with Crippen LogP contribution in [0.3, 0.4) is 0 Å². The lowest BCUT2D eigenvalue weighted by atomic mass is 9.71. The Balaban J connectivity index is 1.18. The highest BCUT2D eigenvalue weighted by Gasteiger charge is 2.52. The van der Waals surface area contributed by atoms with Gasteiger partial charge in [0.1, 0.15) is 23.1 Å². The lowest BCUT2D eigenvalue weighted by molar-refractivity contribution is -0.133. The zero-order valence-electron chi connectivity index (χ0n) is 22.7. The molecule has 3 aromatic rings. The number of carbonyl (C=O) groups is 2. The molecule has 2 aliphatic carbocycles. The number of pyridine rings is 1. The fourth-order valence-electron chi connectivity index (χ4n) is 5.34. The number of aromatic nitrogens is 1. The Morgan fingerprint density at radius 2 is 1.90 bits per heavy atom. The second-order valence-corrected chi connectivity index (χ2v) is 12.8. The molecule has 0 spiro atoms. The van der Waals surface area contributed by atoms with Crippen molar-refractivity contribution in [1.29, 1.82) is 0 Å². The maximum absolute atomic E-state index is 13.3. The van der Waals surface area contributed by atoms with Crippen molar-refractivity contribution < 1.29 is 27.5 Å². The van der Waals surface area contributed by atoms with E-state index in [0.717, 1.165) is 22.2 Å². The van der Waals surface area contributed by atoms with Crippen molar-refractivity contribution in [2.45, 2.75) is 55.0 Å².